The van der Waals surface area contributed by atoms with Crippen molar-refractivity contribution < 1.29 is 14.1 Å². The van der Waals surface area contributed by atoms with E-state index in [2.05, 4.69) is 9.88 Å². The molecule has 9 heteroatoms. The second kappa shape index (κ2) is 9.94. The van der Waals surface area contributed by atoms with Gasteiger partial charge in [-0.2, -0.15) is 0 Å². The zero-order valence-electron chi connectivity index (χ0n) is 19.2. The lowest BCUT2D eigenvalue weighted by Gasteiger charge is -2.26. The van der Waals surface area contributed by atoms with Gasteiger partial charge < -0.3 is 9.80 Å². The van der Waals surface area contributed by atoms with Crippen LogP contribution >= 0.6 is 0 Å². The molecule has 176 valence electrons. The third-order valence-electron chi connectivity index (χ3n) is 5.98. The number of hydrogen-bond donors (Lipinski definition) is 0. The number of carbonyl (C=O) groups excluding carboxylic acids is 1. The van der Waals surface area contributed by atoms with Gasteiger partial charge in [0.25, 0.3) is 11.6 Å². The van der Waals surface area contributed by atoms with E-state index in [0.717, 1.165) is 35.6 Å². The smallest absolute Gasteiger partial charge is 0.269 e. The number of carbonyl (C=O) groups is 1. The van der Waals surface area contributed by atoms with Crippen LogP contribution in [0.25, 0.3) is 0 Å². The number of non-ortho nitro benzene ring substituents is 1. The molecule has 0 saturated carbocycles. The summed E-state index contributed by atoms with van der Waals surface area (Å²) in [6.07, 6.45) is 1.27. The van der Waals surface area contributed by atoms with Crippen molar-refractivity contribution in [3.05, 3.63) is 92.7 Å². The van der Waals surface area contributed by atoms with Crippen molar-refractivity contribution in [2.24, 2.45) is 0 Å². The first-order chi connectivity index (χ1) is 16.3. The van der Waals surface area contributed by atoms with Gasteiger partial charge in [-0.25, -0.2) is 14.4 Å². The largest absolute Gasteiger partial charge is 0.354 e. The summed E-state index contributed by atoms with van der Waals surface area (Å²) in [6.45, 7) is 6.17. The van der Waals surface area contributed by atoms with Gasteiger partial charge in [-0.05, 0) is 50.1 Å². The minimum absolute atomic E-state index is 0.0427. The van der Waals surface area contributed by atoms with Gasteiger partial charge in [0.05, 0.1) is 4.92 Å². The summed E-state index contributed by atoms with van der Waals surface area (Å²) in [6, 6.07) is 12.2. The fraction of sp³-hybridized carbons (Fsp3) is 0.320. The molecule has 0 bridgehead atoms. The molecular weight excluding hydrogens is 437 g/mol. The number of amides is 1. The third-order valence-corrected chi connectivity index (χ3v) is 5.98. The molecule has 0 unspecified atom stereocenters. The zero-order valence-corrected chi connectivity index (χ0v) is 19.2. The maximum absolute atomic E-state index is 13.8. The highest BCUT2D eigenvalue weighted by Crippen LogP contribution is 2.26. The predicted octanol–water partition coefficient (Wildman–Crippen LogP) is 4.08. The van der Waals surface area contributed by atoms with Gasteiger partial charge in [-0.1, -0.05) is 12.1 Å². The van der Waals surface area contributed by atoms with Gasteiger partial charge in [0.2, 0.25) is 0 Å². The van der Waals surface area contributed by atoms with Crippen molar-refractivity contribution >= 4 is 17.4 Å². The van der Waals surface area contributed by atoms with E-state index in [0.29, 0.717) is 37.4 Å². The number of nitrogens with zero attached hydrogens (tertiary/aromatic N) is 5. The van der Waals surface area contributed by atoms with Crippen molar-refractivity contribution in [3.8, 4) is 0 Å². The molecule has 34 heavy (non-hydrogen) atoms. The molecule has 8 nitrogen and oxygen atoms in total. The van der Waals surface area contributed by atoms with Crippen LogP contribution in [0.1, 0.15) is 39.4 Å². The maximum Gasteiger partial charge on any atom is 0.269 e. The van der Waals surface area contributed by atoms with Crippen molar-refractivity contribution in [2.75, 3.05) is 31.1 Å². The number of aromatic nitrogens is 2. The normalized spacial score (nSPS) is 14.1. The van der Waals surface area contributed by atoms with E-state index in [1.165, 1.54) is 36.4 Å². The van der Waals surface area contributed by atoms with E-state index in [4.69, 9.17) is 4.98 Å². The monoisotopic (exact) mass is 463 g/mol. The fourth-order valence-corrected chi connectivity index (χ4v) is 4.28. The Bertz CT molecular complexity index is 1220. The third kappa shape index (κ3) is 5.19. The van der Waals surface area contributed by atoms with Gasteiger partial charge >= 0.3 is 0 Å². The second-order valence-corrected chi connectivity index (χ2v) is 8.40. The molecule has 4 rings (SSSR count). The highest BCUT2D eigenvalue weighted by atomic mass is 19.1. The molecule has 2 aromatic carbocycles. The van der Waals surface area contributed by atoms with Crippen LogP contribution in [0.5, 0.6) is 0 Å². The molecule has 1 saturated heterocycles. The number of anilines is 1. The summed E-state index contributed by atoms with van der Waals surface area (Å²) in [4.78, 5) is 36.6. The van der Waals surface area contributed by atoms with Crippen LogP contribution < -0.4 is 4.90 Å². The van der Waals surface area contributed by atoms with E-state index >= 15 is 0 Å². The number of aryl methyl sites for hydroxylation is 2. The van der Waals surface area contributed by atoms with Crippen molar-refractivity contribution in [1.29, 1.82) is 0 Å². The number of rotatable bonds is 5. The summed E-state index contributed by atoms with van der Waals surface area (Å²) in [5.41, 5.74) is 3.04. The summed E-state index contributed by atoms with van der Waals surface area (Å²) < 4.78 is 13.8. The van der Waals surface area contributed by atoms with Crippen molar-refractivity contribution in [1.82, 2.24) is 14.9 Å². The SMILES string of the molecule is Cc1nc(C)c(Cc2cccc(F)c2)c(N2CCCN(C(=O)c3ccc([N+](=O)[O-])cc3)CC2)n1. The van der Waals surface area contributed by atoms with Gasteiger partial charge in [0.15, 0.2) is 0 Å². The Kier molecular flexibility index (Phi) is 6.81. The molecule has 1 aliphatic heterocycles. The first-order valence-electron chi connectivity index (χ1n) is 11.2. The number of nitro groups is 1. The van der Waals surface area contributed by atoms with Gasteiger partial charge in [0, 0.05) is 61.6 Å². The summed E-state index contributed by atoms with van der Waals surface area (Å²) in [7, 11) is 0. The molecule has 1 aliphatic rings. The average molecular weight is 464 g/mol. The van der Waals surface area contributed by atoms with E-state index in [9.17, 15) is 19.3 Å². The van der Waals surface area contributed by atoms with Crippen LogP contribution in [0.4, 0.5) is 15.9 Å². The number of halogens is 1. The lowest BCUT2D eigenvalue weighted by molar-refractivity contribution is -0.384. The molecule has 0 radical (unpaired) electrons. The molecule has 1 fully saturated rings. The van der Waals surface area contributed by atoms with Crippen molar-refractivity contribution in [3.63, 3.8) is 0 Å². The summed E-state index contributed by atoms with van der Waals surface area (Å²) in [5, 5.41) is 10.9. The standard InChI is InChI=1S/C25H26FN5O3/c1-17-23(16-19-5-3-6-21(26)15-19)24(28-18(2)27-17)29-11-4-12-30(14-13-29)25(32)20-7-9-22(10-8-20)31(33)34/h3,5-10,15H,4,11-14,16H2,1-2H3. The Morgan fingerprint density at radius 3 is 2.53 bits per heavy atom. The topological polar surface area (TPSA) is 92.5 Å². The van der Waals surface area contributed by atoms with E-state index < -0.39 is 4.92 Å². The molecule has 2 heterocycles. The molecular formula is C25H26FN5O3. The first kappa shape index (κ1) is 23.3. The van der Waals surface area contributed by atoms with Crippen LogP contribution in [-0.2, 0) is 6.42 Å². The number of hydrogen-bond acceptors (Lipinski definition) is 6. The highest BCUT2D eigenvalue weighted by molar-refractivity contribution is 5.94. The van der Waals surface area contributed by atoms with Crippen LogP contribution in [0, 0.1) is 29.8 Å². The molecule has 0 aliphatic carbocycles. The molecule has 3 aromatic rings. The van der Waals surface area contributed by atoms with Crippen LogP contribution in [0.3, 0.4) is 0 Å². The van der Waals surface area contributed by atoms with Gasteiger partial charge in [-0.3, -0.25) is 14.9 Å². The molecule has 1 amide bonds. The second-order valence-electron chi connectivity index (χ2n) is 8.40. The first-order valence-corrected chi connectivity index (χ1v) is 11.2. The molecule has 0 N–H and O–H groups in total. The Morgan fingerprint density at radius 1 is 1.06 bits per heavy atom. The lowest BCUT2D eigenvalue weighted by Crippen LogP contribution is -2.35. The van der Waals surface area contributed by atoms with E-state index in [1.807, 2.05) is 19.9 Å². The summed E-state index contributed by atoms with van der Waals surface area (Å²) >= 11 is 0. The number of nitro benzene ring substituents is 1. The fourth-order valence-electron chi connectivity index (χ4n) is 4.28. The Balaban J connectivity index is 1.53. The van der Waals surface area contributed by atoms with Crippen LogP contribution in [0.2, 0.25) is 0 Å². The van der Waals surface area contributed by atoms with Gasteiger partial charge in [0.1, 0.15) is 17.5 Å². The highest BCUT2D eigenvalue weighted by Gasteiger charge is 2.24. The molecule has 1 aromatic heterocycles. The molecule has 0 spiro atoms. The van der Waals surface area contributed by atoms with E-state index in [-0.39, 0.29) is 17.4 Å². The van der Waals surface area contributed by atoms with Crippen LogP contribution in [0.15, 0.2) is 48.5 Å². The Morgan fingerprint density at radius 2 is 1.82 bits per heavy atom. The van der Waals surface area contributed by atoms with Gasteiger partial charge in [-0.15, -0.1) is 0 Å². The molecule has 0 atom stereocenters. The minimum atomic E-state index is -0.481. The number of benzene rings is 2. The van der Waals surface area contributed by atoms with Crippen LogP contribution in [-0.4, -0.2) is 51.9 Å². The average Bonchev–Trinajstić information content (AvgIpc) is 3.06. The maximum atomic E-state index is 13.8. The minimum Gasteiger partial charge on any atom is -0.354 e. The summed E-state index contributed by atoms with van der Waals surface area (Å²) in [5.74, 6) is 1.06. The lowest BCUT2D eigenvalue weighted by atomic mass is 10.0. The predicted molar refractivity (Wildman–Crippen MR) is 127 cm³/mol. The quantitative estimate of drug-likeness (QED) is 0.418. The zero-order chi connectivity index (χ0) is 24.2. The Labute approximate surface area is 197 Å². The van der Waals surface area contributed by atoms with E-state index in [1.54, 1.807) is 11.0 Å². The van der Waals surface area contributed by atoms with Crippen molar-refractivity contribution in [2.45, 2.75) is 26.7 Å². The Hall–Kier alpha value is -3.88.